The highest BCUT2D eigenvalue weighted by atomic mass is 16.6. The van der Waals surface area contributed by atoms with Crippen LogP contribution in [0.2, 0.25) is 0 Å². The van der Waals surface area contributed by atoms with E-state index in [1.54, 1.807) is 13.0 Å². The Morgan fingerprint density at radius 1 is 1.32 bits per heavy atom. The number of carbonyl (C=O) groups excluding carboxylic acids is 3. The van der Waals surface area contributed by atoms with Gasteiger partial charge in [-0.25, -0.2) is 4.79 Å². The Hall–Kier alpha value is -1.79. The summed E-state index contributed by atoms with van der Waals surface area (Å²) in [6.45, 7) is 7.50. The van der Waals surface area contributed by atoms with Crippen LogP contribution in [-0.2, 0) is 23.9 Å². The third-order valence-corrected chi connectivity index (χ3v) is 5.34. The molecule has 136 valence electrons. The van der Waals surface area contributed by atoms with Crippen LogP contribution in [0.25, 0.3) is 0 Å². The van der Waals surface area contributed by atoms with Crippen molar-refractivity contribution in [1.29, 1.82) is 0 Å². The van der Waals surface area contributed by atoms with Gasteiger partial charge >= 0.3 is 5.97 Å². The number of ketones is 2. The van der Waals surface area contributed by atoms with Crippen molar-refractivity contribution in [3.63, 3.8) is 0 Å². The Bertz CT molecular complexity index is 663. The van der Waals surface area contributed by atoms with E-state index in [0.717, 1.165) is 5.57 Å². The van der Waals surface area contributed by atoms with E-state index in [1.165, 1.54) is 0 Å². The van der Waals surface area contributed by atoms with E-state index in [-0.39, 0.29) is 48.7 Å². The summed E-state index contributed by atoms with van der Waals surface area (Å²) in [4.78, 5) is 36.8. The molecule has 0 radical (unpaired) electrons. The van der Waals surface area contributed by atoms with E-state index in [0.29, 0.717) is 6.42 Å². The Kier molecular flexibility index (Phi) is 4.68. The zero-order chi connectivity index (χ0) is 18.4. The van der Waals surface area contributed by atoms with Crippen LogP contribution in [0.3, 0.4) is 0 Å². The Morgan fingerprint density at radius 2 is 2.04 bits per heavy atom. The molecule has 4 bridgehead atoms. The van der Waals surface area contributed by atoms with E-state index in [2.05, 4.69) is 6.58 Å². The summed E-state index contributed by atoms with van der Waals surface area (Å²) in [5, 5.41) is 10.5. The first-order valence-corrected chi connectivity index (χ1v) is 8.65. The van der Waals surface area contributed by atoms with E-state index < -0.39 is 29.9 Å². The first-order valence-electron chi connectivity index (χ1n) is 8.65. The van der Waals surface area contributed by atoms with Gasteiger partial charge in [-0.05, 0) is 26.2 Å². The smallest absolute Gasteiger partial charge is 0.336 e. The molecule has 6 nitrogen and oxygen atoms in total. The standard InChI is InChI=1S/C19H24O6/c1-10(2)11-4-5-13-17(22)16(24-18(13)23)9-19(3)8-14(21)15(25-19)7-12(20)6-11/h5,11,15-17,22H,1,4,6-9H2,2-3H3/b13-5-/t11-,15+,16+,17+,19+/m0/s1. The van der Waals surface area contributed by atoms with Gasteiger partial charge in [-0.2, -0.15) is 0 Å². The number of allylic oxidation sites excluding steroid dienone is 2. The van der Waals surface area contributed by atoms with Crippen molar-refractivity contribution >= 4 is 17.5 Å². The highest BCUT2D eigenvalue weighted by molar-refractivity contribution is 5.93. The number of esters is 1. The fourth-order valence-electron chi connectivity index (χ4n) is 3.88. The molecule has 0 unspecified atom stereocenters. The second kappa shape index (κ2) is 6.50. The molecule has 0 amide bonds. The maximum atomic E-state index is 12.4. The highest BCUT2D eigenvalue weighted by Crippen LogP contribution is 2.38. The molecule has 0 saturated carbocycles. The van der Waals surface area contributed by atoms with Crippen LogP contribution >= 0.6 is 0 Å². The summed E-state index contributed by atoms with van der Waals surface area (Å²) in [7, 11) is 0. The predicted octanol–water partition coefficient (Wildman–Crippen LogP) is 1.65. The maximum Gasteiger partial charge on any atom is 0.336 e. The summed E-state index contributed by atoms with van der Waals surface area (Å²) in [6, 6.07) is 0. The van der Waals surface area contributed by atoms with Crippen LogP contribution in [-0.4, -0.2) is 46.6 Å². The zero-order valence-corrected chi connectivity index (χ0v) is 14.6. The van der Waals surface area contributed by atoms with Gasteiger partial charge in [0.15, 0.2) is 5.78 Å². The van der Waals surface area contributed by atoms with Crippen LogP contribution in [0.15, 0.2) is 23.8 Å². The van der Waals surface area contributed by atoms with Crippen LogP contribution < -0.4 is 0 Å². The van der Waals surface area contributed by atoms with Gasteiger partial charge in [0, 0.05) is 25.7 Å². The Balaban J connectivity index is 1.94. The summed E-state index contributed by atoms with van der Waals surface area (Å²) in [5.41, 5.74) is 0.194. The minimum Gasteiger partial charge on any atom is -0.456 e. The lowest BCUT2D eigenvalue weighted by atomic mass is 9.87. The number of aliphatic hydroxyl groups excluding tert-OH is 1. The van der Waals surface area contributed by atoms with Crippen LogP contribution in [0.4, 0.5) is 0 Å². The SMILES string of the molecule is C=C(C)[C@H]1C/C=C2\C(=O)O[C@H](C[C@@]3(C)CC(=O)[C@@H](CC(=O)C1)O3)[C@@H]2O. The third-order valence-electron chi connectivity index (χ3n) is 5.34. The summed E-state index contributed by atoms with van der Waals surface area (Å²) < 4.78 is 11.2. The van der Waals surface area contributed by atoms with Crippen molar-refractivity contribution in [2.45, 2.75) is 69.9 Å². The fraction of sp³-hybridized carbons (Fsp3) is 0.632. The first kappa shape index (κ1) is 18.0. The molecule has 2 fully saturated rings. The Morgan fingerprint density at radius 3 is 2.72 bits per heavy atom. The monoisotopic (exact) mass is 348 g/mol. The molecular formula is C19H24O6. The summed E-state index contributed by atoms with van der Waals surface area (Å²) in [6.07, 6.45) is 0.187. The quantitative estimate of drug-likeness (QED) is 0.572. The van der Waals surface area contributed by atoms with Crippen LogP contribution in [0.5, 0.6) is 0 Å². The van der Waals surface area contributed by atoms with Crippen molar-refractivity contribution in [3.05, 3.63) is 23.8 Å². The topological polar surface area (TPSA) is 89.9 Å². The van der Waals surface area contributed by atoms with Gasteiger partial charge in [0.2, 0.25) is 0 Å². The molecule has 2 saturated heterocycles. The lowest BCUT2D eigenvalue weighted by Gasteiger charge is -2.27. The molecular weight excluding hydrogens is 324 g/mol. The van der Waals surface area contributed by atoms with Gasteiger partial charge in [-0.15, -0.1) is 0 Å². The molecule has 1 N–H and O–H groups in total. The van der Waals surface area contributed by atoms with Crippen molar-refractivity contribution < 1.29 is 29.0 Å². The molecule has 0 aromatic heterocycles. The average Bonchev–Trinajstić information content (AvgIpc) is 2.91. The lowest BCUT2D eigenvalue weighted by molar-refractivity contribution is -0.144. The van der Waals surface area contributed by atoms with Gasteiger partial charge in [0.25, 0.3) is 0 Å². The molecule has 0 aliphatic carbocycles. The van der Waals surface area contributed by atoms with Gasteiger partial charge in [0.05, 0.1) is 11.2 Å². The van der Waals surface area contributed by atoms with Crippen molar-refractivity contribution in [3.8, 4) is 0 Å². The normalized spacial score (nSPS) is 41.2. The highest BCUT2D eigenvalue weighted by Gasteiger charge is 2.49. The largest absolute Gasteiger partial charge is 0.456 e. The summed E-state index contributed by atoms with van der Waals surface area (Å²) >= 11 is 0. The maximum absolute atomic E-state index is 12.4. The zero-order valence-electron chi connectivity index (χ0n) is 14.6. The molecule has 0 spiro atoms. The van der Waals surface area contributed by atoms with E-state index in [1.807, 2.05) is 6.92 Å². The fourth-order valence-corrected chi connectivity index (χ4v) is 3.88. The molecule has 0 aromatic rings. The van der Waals surface area contributed by atoms with Crippen LogP contribution in [0.1, 0.15) is 46.0 Å². The summed E-state index contributed by atoms with van der Waals surface area (Å²) in [5.74, 6) is -0.871. The molecule has 0 aromatic carbocycles. The van der Waals surface area contributed by atoms with Gasteiger partial charge in [-0.3, -0.25) is 9.59 Å². The third kappa shape index (κ3) is 3.60. The molecule has 3 aliphatic heterocycles. The number of hydrogen-bond donors (Lipinski definition) is 1. The van der Waals surface area contributed by atoms with E-state index in [9.17, 15) is 19.5 Å². The molecule has 6 heteroatoms. The number of ether oxygens (including phenoxy) is 2. The van der Waals surface area contributed by atoms with E-state index in [4.69, 9.17) is 9.47 Å². The van der Waals surface area contributed by atoms with Crippen LogP contribution in [0, 0.1) is 5.92 Å². The van der Waals surface area contributed by atoms with Crippen molar-refractivity contribution in [1.82, 2.24) is 0 Å². The predicted molar refractivity (Wildman–Crippen MR) is 88.7 cm³/mol. The number of aliphatic hydroxyl groups is 1. The number of hydrogen-bond acceptors (Lipinski definition) is 6. The molecule has 3 aliphatic rings. The molecule has 3 heterocycles. The molecule has 5 atom stereocenters. The second-order valence-corrected chi connectivity index (χ2v) is 7.68. The average molecular weight is 348 g/mol. The number of Topliss-reactive ketones (excluding diaryl/α,β-unsaturated/α-hetero) is 2. The lowest BCUT2D eigenvalue weighted by Crippen LogP contribution is -2.35. The minimum atomic E-state index is -1.05. The minimum absolute atomic E-state index is 0.0541. The number of fused-ring (bicyclic) bond motifs is 4. The van der Waals surface area contributed by atoms with Gasteiger partial charge in [0.1, 0.15) is 24.1 Å². The Labute approximate surface area is 146 Å². The molecule has 25 heavy (non-hydrogen) atoms. The van der Waals surface area contributed by atoms with Gasteiger partial charge in [-0.1, -0.05) is 18.2 Å². The molecule has 3 rings (SSSR count). The second-order valence-electron chi connectivity index (χ2n) is 7.68. The van der Waals surface area contributed by atoms with Crippen molar-refractivity contribution in [2.75, 3.05) is 0 Å². The number of rotatable bonds is 1. The van der Waals surface area contributed by atoms with Gasteiger partial charge < -0.3 is 14.6 Å². The van der Waals surface area contributed by atoms with E-state index >= 15 is 0 Å². The van der Waals surface area contributed by atoms with Crippen molar-refractivity contribution in [2.24, 2.45) is 5.92 Å². The number of carbonyl (C=O) groups is 3. The first-order chi connectivity index (χ1) is 11.7.